The zero-order chi connectivity index (χ0) is 21.7. The van der Waals surface area contributed by atoms with Crippen molar-refractivity contribution in [2.24, 2.45) is 40.9 Å². The largest absolute Gasteiger partial charge is 0.469 e. The zero-order valence-electron chi connectivity index (χ0n) is 19.2. The highest BCUT2D eigenvalue weighted by Gasteiger charge is 2.61. The quantitative estimate of drug-likeness (QED) is 0.678. The van der Waals surface area contributed by atoms with Crippen molar-refractivity contribution in [1.82, 2.24) is 0 Å². The van der Waals surface area contributed by atoms with Gasteiger partial charge in [0.2, 0.25) is 0 Å². The highest BCUT2D eigenvalue weighted by molar-refractivity contribution is 5.71. The number of carbonyl (C=O) groups is 2. The van der Waals surface area contributed by atoms with Gasteiger partial charge in [0.1, 0.15) is 5.60 Å². The Morgan fingerprint density at radius 1 is 1.20 bits per heavy atom. The maximum absolute atomic E-state index is 13.1. The van der Waals surface area contributed by atoms with E-state index in [1.807, 2.05) is 0 Å². The van der Waals surface area contributed by atoms with Gasteiger partial charge in [0, 0.05) is 24.7 Å². The van der Waals surface area contributed by atoms with Gasteiger partial charge in [-0.25, -0.2) is 0 Å². The van der Waals surface area contributed by atoms with Gasteiger partial charge in [-0.15, -0.1) is 0 Å². The smallest absolute Gasteiger partial charge is 0.306 e. The fourth-order valence-electron chi connectivity index (χ4n) is 8.25. The molecule has 0 spiro atoms. The Kier molecular flexibility index (Phi) is 5.97. The van der Waals surface area contributed by atoms with E-state index >= 15 is 0 Å². The number of ether oxygens (including phenoxy) is 2. The SMILES string of the molecule is COC(=O)CCC(C)C1CCC2C3CCC4CC(O)CCC4(C)C3CC(=O)OC12C. The maximum Gasteiger partial charge on any atom is 0.306 e. The van der Waals surface area contributed by atoms with Gasteiger partial charge < -0.3 is 14.6 Å². The molecule has 0 aromatic carbocycles. The number of hydrogen-bond acceptors (Lipinski definition) is 5. The predicted molar refractivity (Wildman–Crippen MR) is 113 cm³/mol. The highest BCUT2D eigenvalue weighted by Crippen LogP contribution is 2.63. The van der Waals surface area contributed by atoms with E-state index in [1.54, 1.807) is 0 Å². The molecule has 4 rings (SSSR count). The van der Waals surface area contributed by atoms with E-state index < -0.39 is 5.60 Å². The van der Waals surface area contributed by atoms with Gasteiger partial charge in [-0.2, -0.15) is 0 Å². The zero-order valence-corrected chi connectivity index (χ0v) is 19.2. The summed E-state index contributed by atoms with van der Waals surface area (Å²) in [5.41, 5.74) is -0.287. The van der Waals surface area contributed by atoms with E-state index in [0.29, 0.717) is 48.3 Å². The van der Waals surface area contributed by atoms with Crippen LogP contribution < -0.4 is 0 Å². The molecule has 4 aliphatic rings. The van der Waals surface area contributed by atoms with Gasteiger partial charge in [0.15, 0.2) is 0 Å². The van der Waals surface area contributed by atoms with Crippen molar-refractivity contribution < 1.29 is 24.2 Å². The normalized spacial score (nSPS) is 46.6. The maximum atomic E-state index is 13.1. The van der Waals surface area contributed by atoms with Crippen molar-refractivity contribution in [3.05, 3.63) is 0 Å². The summed E-state index contributed by atoms with van der Waals surface area (Å²) in [6.45, 7) is 6.78. The Balaban J connectivity index is 1.57. The third kappa shape index (κ3) is 3.59. The lowest BCUT2D eigenvalue weighted by Gasteiger charge is -2.55. The third-order valence-electron chi connectivity index (χ3n) is 9.93. The molecular formula is C25H40O5. The van der Waals surface area contributed by atoms with Crippen LogP contribution in [0.5, 0.6) is 0 Å². The van der Waals surface area contributed by atoms with E-state index in [4.69, 9.17) is 9.47 Å². The average Bonchev–Trinajstić information content (AvgIpc) is 2.97. The monoisotopic (exact) mass is 420 g/mol. The first-order valence-electron chi connectivity index (χ1n) is 12.2. The lowest BCUT2D eigenvalue weighted by Crippen LogP contribution is -2.51. The summed E-state index contributed by atoms with van der Waals surface area (Å²) in [6, 6.07) is 0. The molecule has 3 aliphatic carbocycles. The fraction of sp³-hybridized carbons (Fsp3) is 0.920. The predicted octanol–water partition coefficient (Wildman–Crippen LogP) is 4.50. The molecular weight excluding hydrogens is 380 g/mol. The summed E-state index contributed by atoms with van der Waals surface area (Å²) in [4.78, 5) is 24.8. The van der Waals surface area contributed by atoms with Gasteiger partial charge in [-0.1, -0.05) is 13.8 Å². The van der Waals surface area contributed by atoms with Crippen molar-refractivity contribution in [3.63, 3.8) is 0 Å². The summed E-state index contributed by atoms with van der Waals surface area (Å²) in [6.07, 6.45) is 8.84. The number of aliphatic hydroxyl groups is 1. The van der Waals surface area contributed by atoms with Crippen molar-refractivity contribution in [1.29, 1.82) is 0 Å². The number of methoxy groups -OCH3 is 1. The topological polar surface area (TPSA) is 72.8 Å². The summed E-state index contributed by atoms with van der Waals surface area (Å²) >= 11 is 0. The van der Waals surface area contributed by atoms with Crippen LogP contribution in [0.15, 0.2) is 0 Å². The molecule has 0 radical (unpaired) electrons. The van der Waals surface area contributed by atoms with Gasteiger partial charge in [0.25, 0.3) is 0 Å². The van der Waals surface area contributed by atoms with Gasteiger partial charge in [-0.3, -0.25) is 9.59 Å². The summed E-state index contributed by atoms with van der Waals surface area (Å²) in [5.74, 6) is 2.25. The van der Waals surface area contributed by atoms with Crippen LogP contribution in [0.4, 0.5) is 0 Å². The van der Waals surface area contributed by atoms with E-state index in [0.717, 1.165) is 51.4 Å². The van der Waals surface area contributed by atoms with Crippen molar-refractivity contribution in [2.75, 3.05) is 7.11 Å². The Labute approximate surface area is 181 Å². The van der Waals surface area contributed by atoms with Crippen molar-refractivity contribution in [3.8, 4) is 0 Å². The van der Waals surface area contributed by atoms with Gasteiger partial charge in [0.05, 0.1) is 13.2 Å². The number of rotatable bonds is 4. The second kappa shape index (κ2) is 8.11. The van der Waals surface area contributed by atoms with Gasteiger partial charge in [-0.05, 0) is 87.4 Å². The van der Waals surface area contributed by atoms with Crippen LogP contribution in [0.25, 0.3) is 0 Å². The molecule has 0 amide bonds. The van der Waals surface area contributed by atoms with E-state index in [-0.39, 0.29) is 23.5 Å². The number of carbonyl (C=O) groups excluding carboxylic acids is 2. The first-order chi connectivity index (χ1) is 14.2. The summed E-state index contributed by atoms with van der Waals surface area (Å²) in [5, 5.41) is 10.2. The molecule has 9 atom stereocenters. The molecule has 1 N–H and O–H groups in total. The molecule has 1 aliphatic heterocycles. The standard InChI is InChI=1S/C25H40O5/c1-15(5-10-22(27)29-4)19-8-9-20-18-7-6-16-13-17(26)11-12-24(16,2)21(18)14-23(28)30-25(19,20)3/h15-21,26H,5-14H2,1-4H3. The molecule has 9 unspecified atom stereocenters. The Morgan fingerprint density at radius 2 is 1.97 bits per heavy atom. The van der Waals surface area contributed by atoms with Crippen LogP contribution in [-0.2, 0) is 19.1 Å². The molecule has 0 aromatic heterocycles. The first-order valence-corrected chi connectivity index (χ1v) is 12.2. The molecule has 3 saturated carbocycles. The van der Waals surface area contributed by atoms with Crippen molar-refractivity contribution >= 4 is 11.9 Å². The van der Waals surface area contributed by atoms with Crippen LogP contribution >= 0.6 is 0 Å². The molecule has 5 heteroatoms. The lowest BCUT2D eigenvalue weighted by molar-refractivity contribution is -0.167. The molecule has 0 aromatic rings. The minimum absolute atomic E-state index is 0.0323. The molecule has 4 fully saturated rings. The number of esters is 2. The van der Waals surface area contributed by atoms with E-state index in [1.165, 1.54) is 7.11 Å². The Morgan fingerprint density at radius 3 is 2.70 bits per heavy atom. The molecule has 5 nitrogen and oxygen atoms in total. The van der Waals surface area contributed by atoms with Crippen LogP contribution in [-0.4, -0.2) is 35.9 Å². The van der Waals surface area contributed by atoms with Crippen molar-refractivity contribution in [2.45, 2.75) is 96.7 Å². The number of hydrogen-bond donors (Lipinski definition) is 1. The molecule has 30 heavy (non-hydrogen) atoms. The third-order valence-corrected chi connectivity index (χ3v) is 9.93. The van der Waals surface area contributed by atoms with Gasteiger partial charge >= 0.3 is 11.9 Å². The molecule has 1 saturated heterocycles. The molecule has 170 valence electrons. The number of fused-ring (bicyclic) bond motifs is 5. The van der Waals surface area contributed by atoms with Crippen LogP contribution in [0.1, 0.15) is 85.0 Å². The second-order valence-electron chi connectivity index (χ2n) is 11.2. The van der Waals surface area contributed by atoms with Crippen LogP contribution in [0.2, 0.25) is 0 Å². The first kappa shape index (κ1) is 22.1. The lowest BCUT2D eigenvalue weighted by atomic mass is 9.49. The highest BCUT2D eigenvalue weighted by atomic mass is 16.6. The Bertz CT molecular complexity index is 676. The van der Waals surface area contributed by atoms with E-state index in [9.17, 15) is 14.7 Å². The second-order valence-corrected chi connectivity index (χ2v) is 11.2. The van der Waals surface area contributed by atoms with Crippen LogP contribution in [0, 0.1) is 40.9 Å². The minimum Gasteiger partial charge on any atom is -0.469 e. The Hall–Kier alpha value is -1.10. The molecule has 0 bridgehead atoms. The fourth-order valence-corrected chi connectivity index (χ4v) is 8.25. The summed E-state index contributed by atoms with van der Waals surface area (Å²) < 4.78 is 11.2. The number of aliphatic hydroxyl groups excluding tert-OH is 1. The minimum atomic E-state index is -0.427. The van der Waals surface area contributed by atoms with E-state index in [2.05, 4.69) is 20.8 Å². The van der Waals surface area contributed by atoms with Crippen LogP contribution in [0.3, 0.4) is 0 Å². The average molecular weight is 421 g/mol. The molecule has 1 heterocycles. The summed E-state index contributed by atoms with van der Waals surface area (Å²) in [7, 11) is 1.44.